The van der Waals surface area contributed by atoms with Gasteiger partial charge in [0.05, 0.1) is 5.02 Å². The first kappa shape index (κ1) is 28.0. The molecule has 0 bridgehead atoms. The maximum Gasteiger partial charge on any atom is 0.261 e. The highest BCUT2D eigenvalue weighted by Gasteiger charge is 2.32. The number of hydrogen-bond acceptors (Lipinski definition) is 3. The Morgan fingerprint density at radius 2 is 1.67 bits per heavy atom. The highest BCUT2D eigenvalue weighted by molar-refractivity contribution is 9.10. The lowest BCUT2D eigenvalue weighted by Gasteiger charge is -2.33. The summed E-state index contributed by atoms with van der Waals surface area (Å²) in [4.78, 5) is 28.7. The molecule has 0 radical (unpaired) electrons. The van der Waals surface area contributed by atoms with Gasteiger partial charge in [-0.25, -0.2) is 0 Å². The van der Waals surface area contributed by atoms with Gasteiger partial charge in [-0.2, -0.15) is 0 Å². The summed E-state index contributed by atoms with van der Waals surface area (Å²) in [6.07, 6.45) is 0.341. The van der Waals surface area contributed by atoms with E-state index in [4.69, 9.17) is 27.9 Å². The summed E-state index contributed by atoms with van der Waals surface area (Å²) < 4.78 is 6.58. The predicted molar refractivity (Wildman–Crippen MR) is 148 cm³/mol. The van der Waals surface area contributed by atoms with E-state index < -0.39 is 11.6 Å². The van der Waals surface area contributed by atoms with Crippen LogP contribution in [0.15, 0.2) is 77.3 Å². The summed E-state index contributed by atoms with van der Waals surface area (Å²) in [5, 5.41) is 3.97. The minimum absolute atomic E-state index is 0.186. The number of rotatable bonds is 9. The van der Waals surface area contributed by atoms with Gasteiger partial charge in [0.25, 0.3) is 5.91 Å². The fourth-order valence-corrected chi connectivity index (χ4v) is 4.59. The number of nitrogens with zero attached hydrogens (tertiary/aromatic N) is 1. The second-order valence-electron chi connectivity index (χ2n) is 9.46. The zero-order valence-corrected chi connectivity index (χ0v) is 23.5. The Kier molecular flexibility index (Phi) is 9.83. The van der Waals surface area contributed by atoms with E-state index in [1.807, 2.05) is 63.2 Å². The third kappa shape index (κ3) is 8.54. The Balaban J connectivity index is 1.94. The highest BCUT2D eigenvalue weighted by Crippen LogP contribution is 2.28. The van der Waals surface area contributed by atoms with Crippen molar-refractivity contribution in [2.24, 2.45) is 0 Å². The predicted octanol–water partition coefficient (Wildman–Crippen LogP) is 6.69. The molecule has 0 unspecified atom stereocenters. The SMILES string of the molecule is CC(C)(C)NC(=O)[C@@H](Cc1ccccc1)N(Cc1cccc(Cl)c1)C(=O)COc1ccc(Br)cc1Cl. The van der Waals surface area contributed by atoms with Gasteiger partial charge in [-0.15, -0.1) is 0 Å². The second kappa shape index (κ2) is 12.6. The molecule has 0 aliphatic carbocycles. The average Bonchev–Trinajstić information content (AvgIpc) is 2.80. The van der Waals surface area contributed by atoms with E-state index in [1.165, 1.54) is 0 Å². The molecule has 0 spiro atoms. The third-order valence-electron chi connectivity index (χ3n) is 5.26. The topological polar surface area (TPSA) is 58.6 Å². The van der Waals surface area contributed by atoms with Crippen LogP contribution in [0.4, 0.5) is 0 Å². The number of amides is 2. The molecule has 3 aromatic rings. The maximum absolute atomic E-state index is 13.6. The van der Waals surface area contributed by atoms with Gasteiger partial charge in [0, 0.05) is 28.0 Å². The van der Waals surface area contributed by atoms with Crippen LogP contribution >= 0.6 is 39.1 Å². The first-order valence-corrected chi connectivity index (χ1v) is 13.0. The van der Waals surface area contributed by atoms with Gasteiger partial charge in [-0.3, -0.25) is 9.59 Å². The largest absolute Gasteiger partial charge is 0.482 e. The Morgan fingerprint density at radius 1 is 0.972 bits per heavy atom. The Morgan fingerprint density at radius 3 is 2.31 bits per heavy atom. The Hall–Kier alpha value is -2.54. The standard InChI is InChI=1S/C28H29BrCl2N2O3/c1-28(2,3)32-27(35)24(15-19-8-5-4-6-9-19)33(17-20-10-7-11-22(30)14-20)26(34)18-36-25-13-12-21(29)16-23(25)31/h4-14,16,24H,15,17-18H2,1-3H3,(H,32,35)/t24-/m1/s1. The minimum atomic E-state index is -0.776. The smallest absolute Gasteiger partial charge is 0.261 e. The van der Waals surface area contributed by atoms with Crippen molar-refractivity contribution in [3.8, 4) is 5.75 Å². The van der Waals surface area contributed by atoms with Crippen LogP contribution < -0.4 is 10.1 Å². The van der Waals surface area contributed by atoms with Crippen LogP contribution in [0.1, 0.15) is 31.9 Å². The molecule has 0 aromatic heterocycles. The van der Waals surface area contributed by atoms with Gasteiger partial charge in [0.1, 0.15) is 11.8 Å². The van der Waals surface area contributed by atoms with E-state index in [-0.39, 0.29) is 25.0 Å². The van der Waals surface area contributed by atoms with Crippen molar-refractivity contribution >= 4 is 50.9 Å². The van der Waals surface area contributed by atoms with Gasteiger partial charge >= 0.3 is 0 Å². The van der Waals surface area contributed by atoms with E-state index >= 15 is 0 Å². The third-order valence-corrected chi connectivity index (χ3v) is 6.28. The van der Waals surface area contributed by atoms with E-state index in [9.17, 15) is 9.59 Å². The zero-order chi connectivity index (χ0) is 26.3. The van der Waals surface area contributed by atoms with E-state index in [2.05, 4.69) is 21.2 Å². The lowest BCUT2D eigenvalue weighted by atomic mass is 10.0. The molecule has 3 rings (SSSR count). The van der Waals surface area contributed by atoms with Gasteiger partial charge in [-0.1, -0.05) is 81.6 Å². The minimum Gasteiger partial charge on any atom is -0.482 e. The van der Waals surface area contributed by atoms with E-state index in [1.54, 1.807) is 35.2 Å². The molecule has 190 valence electrons. The van der Waals surface area contributed by atoms with Gasteiger partial charge in [0.15, 0.2) is 6.61 Å². The zero-order valence-electron chi connectivity index (χ0n) is 20.4. The van der Waals surface area contributed by atoms with Crippen LogP contribution in [0, 0.1) is 0 Å². The van der Waals surface area contributed by atoms with E-state index in [0.29, 0.717) is 22.2 Å². The molecule has 3 aromatic carbocycles. The lowest BCUT2D eigenvalue weighted by Crippen LogP contribution is -2.55. The van der Waals surface area contributed by atoms with Crippen molar-refractivity contribution in [1.82, 2.24) is 10.2 Å². The van der Waals surface area contributed by atoms with Crippen LogP contribution in [0.5, 0.6) is 5.75 Å². The monoisotopic (exact) mass is 590 g/mol. The lowest BCUT2D eigenvalue weighted by molar-refractivity contribution is -0.143. The molecule has 1 atom stereocenters. The van der Waals surface area contributed by atoms with Crippen molar-refractivity contribution in [2.75, 3.05) is 6.61 Å². The van der Waals surface area contributed by atoms with Crippen molar-refractivity contribution in [1.29, 1.82) is 0 Å². The number of benzene rings is 3. The molecule has 2 amide bonds. The average molecular weight is 592 g/mol. The van der Waals surface area contributed by atoms with Crippen molar-refractivity contribution in [2.45, 2.75) is 45.3 Å². The Labute approximate surface area is 230 Å². The van der Waals surface area contributed by atoms with Crippen molar-refractivity contribution in [3.05, 3.63) is 98.4 Å². The van der Waals surface area contributed by atoms with E-state index in [0.717, 1.165) is 15.6 Å². The quantitative estimate of drug-likeness (QED) is 0.302. The normalized spacial score (nSPS) is 12.1. The summed E-state index contributed by atoms with van der Waals surface area (Å²) in [6.45, 7) is 5.63. The Bertz CT molecular complexity index is 1200. The molecule has 0 saturated carbocycles. The van der Waals surface area contributed by atoms with Crippen molar-refractivity contribution in [3.63, 3.8) is 0 Å². The molecule has 0 saturated heterocycles. The van der Waals surface area contributed by atoms with Gasteiger partial charge in [0.2, 0.25) is 5.91 Å². The highest BCUT2D eigenvalue weighted by atomic mass is 79.9. The molecule has 0 aliphatic rings. The molecule has 5 nitrogen and oxygen atoms in total. The van der Waals surface area contributed by atoms with Crippen LogP contribution in [0.3, 0.4) is 0 Å². The number of halogens is 3. The van der Waals surface area contributed by atoms with Crippen LogP contribution in [0.25, 0.3) is 0 Å². The number of ether oxygens (including phenoxy) is 1. The number of carbonyl (C=O) groups is 2. The summed E-state index contributed by atoms with van der Waals surface area (Å²) in [6, 6.07) is 21.3. The fraction of sp³-hybridized carbons (Fsp3) is 0.286. The fourth-order valence-electron chi connectivity index (χ4n) is 3.65. The van der Waals surface area contributed by atoms with Gasteiger partial charge in [-0.05, 0) is 62.2 Å². The molecular weight excluding hydrogens is 563 g/mol. The summed E-state index contributed by atoms with van der Waals surface area (Å²) in [5.74, 6) is -0.211. The molecule has 0 heterocycles. The molecular formula is C28H29BrCl2N2O3. The summed E-state index contributed by atoms with van der Waals surface area (Å²) in [7, 11) is 0. The summed E-state index contributed by atoms with van der Waals surface area (Å²) >= 11 is 15.8. The molecule has 36 heavy (non-hydrogen) atoms. The molecule has 8 heteroatoms. The molecule has 0 fully saturated rings. The second-order valence-corrected chi connectivity index (χ2v) is 11.2. The summed E-state index contributed by atoms with van der Waals surface area (Å²) in [5.41, 5.74) is 1.27. The van der Waals surface area contributed by atoms with Crippen molar-refractivity contribution < 1.29 is 14.3 Å². The van der Waals surface area contributed by atoms with Crippen LogP contribution in [-0.2, 0) is 22.6 Å². The van der Waals surface area contributed by atoms with Crippen LogP contribution in [-0.4, -0.2) is 34.9 Å². The maximum atomic E-state index is 13.6. The number of nitrogens with one attached hydrogen (secondary N) is 1. The first-order valence-electron chi connectivity index (χ1n) is 11.5. The number of hydrogen-bond donors (Lipinski definition) is 1. The molecule has 1 N–H and O–H groups in total. The first-order chi connectivity index (χ1) is 17.0. The van der Waals surface area contributed by atoms with Crippen LogP contribution in [0.2, 0.25) is 10.0 Å². The van der Waals surface area contributed by atoms with Gasteiger partial charge < -0.3 is 15.0 Å². The molecule has 0 aliphatic heterocycles. The number of carbonyl (C=O) groups excluding carboxylic acids is 2.